The van der Waals surface area contributed by atoms with Crippen LogP contribution < -0.4 is 5.32 Å². The van der Waals surface area contributed by atoms with Crippen LogP contribution in [0.1, 0.15) is 45.6 Å². The Morgan fingerprint density at radius 2 is 1.88 bits per heavy atom. The van der Waals surface area contributed by atoms with Crippen molar-refractivity contribution in [3.8, 4) is 0 Å². The van der Waals surface area contributed by atoms with Gasteiger partial charge in [-0.1, -0.05) is 51.1 Å². The molecule has 1 aliphatic heterocycles. The lowest BCUT2D eigenvalue weighted by Gasteiger charge is -2.36. The fourth-order valence-electron chi connectivity index (χ4n) is 3.23. The van der Waals surface area contributed by atoms with Crippen molar-refractivity contribution in [2.75, 3.05) is 13.2 Å². The molecule has 0 bridgehead atoms. The van der Waals surface area contributed by atoms with Crippen molar-refractivity contribution in [3.63, 3.8) is 0 Å². The first-order chi connectivity index (χ1) is 14.9. The number of aliphatic carboxylic acids is 1. The zero-order chi connectivity index (χ0) is 23.9. The number of benzene rings is 1. The molecule has 1 saturated heterocycles. The first-order valence-electron chi connectivity index (χ1n) is 11.1. The second kappa shape index (κ2) is 11.0. The lowest BCUT2D eigenvalue weighted by atomic mass is 10.1. The Labute approximate surface area is 191 Å². The van der Waals surface area contributed by atoms with Gasteiger partial charge in [-0.15, -0.1) is 0 Å². The average Bonchev–Trinajstić information content (AvgIpc) is 3.21. The van der Waals surface area contributed by atoms with Crippen LogP contribution in [0.5, 0.6) is 0 Å². The quantitative estimate of drug-likeness (QED) is 0.539. The number of carbonyl (C=O) groups excluding carboxylic acids is 2. The molecule has 0 saturated carbocycles. The standard InChI is InChI=1S/C23H36N2O6Si/c1-23(2,3)32(4,5)31-15-13-18(21(27)28)24-20(26)19-12-9-14-25(19)22(29)30-16-17-10-7-6-8-11-17/h6-8,10-11,18-19H,9,12-16H2,1-5H3,(H,24,26)(H,27,28)/t18-,19-/m1/s1. The predicted octanol–water partition coefficient (Wildman–Crippen LogP) is 3.77. The van der Waals surface area contributed by atoms with Crippen molar-refractivity contribution >= 4 is 26.3 Å². The van der Waals surface area contributed by atoms with E-state index in [9.17, 15) is 19.5 Å². The SMILES string of the molecule is CC(C)(C)[Si](C)(C)OCC[C@@H](NC(=O)[C@H]1CCCN1C(=O)OCc1ccccc1)C(=O)O. The van der Waals surface area contributed by atoms with Gasteiger partial charge in [0.15, 0.2) is 8.32 Å². The molecule has 2 rings (SSSR count). The van der Waals surface area contributed by atoms with Crippen LogP contribution >= 0.6 is 0 Å². The summed E-state index contributed by atoms with van der Waals surface area (Å²) in [6.07, 6.45) is 0.724. The van der Waals surface area contributed by atoms with Crippen LogP contribution in [0.25, 0.3) is 0 Å². The minimum absolute atomic E-state index is 0.0133. The third-order valence-electron chi connectivity index (χ3n) is 6.29. The molecule has 1 aromatic carbocycles. The van der Waals surface area contributed by atoms with Gasteiger partial charge in [0.05, 0.1) is 0 Å². The third kappa shape index (κ3) is 7.06. The maximum atomic E-state index is 12.8. The number of carboxylic acids is 1. The predicted molar refractivity (Wildman–Crippen MR) is 124 cm³/mol. The molecule has 0 aromatic heterocycles. The number of hydrogen-bond acceptors (Lipinski definition) is 5. The number of likely N-dealkylation sites (tertiary alicyclic amines) is 1. The molecule has 1 heterocycles. The Hall–Kier alpha value is -2.39. The lowest BCUT2D eigenvalue weighted by molar-refractivity contribution is -0.142. The minimum atomic E-state index is -2.01. The van der Waals surface area contributed by atoms with Gasteiger partial charge < -0.3 is 19.6 Å². The van der Waals surface area contributed by atoms with E-state index >= 15 is 0 Å². The third-order valence-corrected chi connectivity index (χ3v) is 10.8. The summed E-state index contributed by atoms with van der Waals surface area (Å²) in [4.78, 5) is 38.4. The number of nitrogens with one attached hydrogen (secondary N) is 1. The molecule has 32 heavy (non-hydrogen) atoms. The summed E-state index contributed by atoms with van der Waals surface area (Å²) in [5.74, 6) is -1.59. The van der Waals surface area contributed by atoms with Gasteiger partial charge in [-0.25, -0.2) is 9.59 Å². The molecule has 0 radical (unpaired) electrons. The summed E-state index contributed by atoms with van der Waals surface area (Å²) >= 11 is 0. The molecule has 1 aromatic rings. The molecule has 2 atom stereocenters. The van der Waals surface area contributed by atoms with Gasteiger partial charge in [0.2, 0.25) is 5.91 Å². The van der Waals surface area contributed by atoms with Crippen LogP contribution in [-0.2, 0) is 25.4 Å². The lowest BCUT2D eigenvalue weighted by Crippen LogP contribution is -2.51. The van der Waals surface area contributed by atoms with E-state index in [2.05, 4.69) is 39.2 Å². The van der Waals surface area contributed by atoms with Crippen molar-refractivity contribution < 1.29 is 28.7 Å². The van der Waals surface area contributed by atoms with E-state index < -0.39 is 38.4 Å². The molecule has 9 heteroatoms. The smallest absolute Gasteiger partial charge is 0.410 e. The highest BCUT2D eigenvalue weighted by Crippen LogP contribution is 2.36. The van der Waals surface area contributed by atoms with Crippen molar-refractivity contribution in [2.45, 2.75) is 76.9 Å². The maximum Gasteiger partial charge on any atom is 0.410 e. The van der Waals surface area contributed by atoms with E-state index in [1.165, 1.54) is 4.90 Å². The Morgan fingerprint density at radius 1 is 1.22 bits per heavy atom. The van der Waals surface area contributed by atoms with Gasteiger partial charge in [-0.3, -0.25) is 9.69 Å². The molecule has 2 N–H and O–H groups in total. The number of ether oxygens (including phenoxy) is 1. The van der Waals surface area contributed by atoms with Gasteiger partial charge in [0.1, 0.15) is 18.7 Å². The van der Waals surface area contributed by atoms with Crippen LogP contribution in [0.3, 0.4) is 0 Å². The number of amides is 2. The first kappa shape index (κ1) is 25.9. The van der Waals surface area contributed by atoms with E-state index in [0.29, 0.717) is 19.4 Å². The Kier molecular flexibility index (Phi) is 8.86. The van der Waals surface area contributed by atoms with Crippen molar-refractivity contribution in [3.05, 3.63) is 35.9 Å². The fourth-order valence-corrected chi connectivity index (χ4v) is 4.29. The van der Waals surface area contributed by atoms with E-state index in [1.807, 2.05) is 30.3 Å². The number of carbonyl (C=O) groups is 3. The van der Waals surface area contributed by atoms with Gasteiger partial charge in [0.25, 0.3) is 0 Å². The van der Waals surface area contributed by atoms with Crippen LogP contribution in [0.4, 0.5) is 4.79 Å². The Morgan fingerprint density at radius 3 is 2.47 bits per heavy atom. The van der Waals surface area contributed by atoms with Crippen LogP contribution in [0.15, 0.2) is 30.3 Å². The molecule has 1 aliphatic rings. The zero-order valence-corrected chi connectivity index (χ0v) is 20.7. The molecule has 0 aliphatic carbocycles. The highest BCUT2D eigenvalue weighted by molar-refractivity contribution is 6.74. The normalized spacial score (nSPS) is 17.7. The van der Waals surface area contributed by atoms with Crippen LogP contribution in [-0.4, -0.2) is 61.5 Å². The maximum absolute atomic E-state index is 12.8. The molecule has 0 spiro atoms. The second-order valence-electron chi connectivity index (χ2n) is 9.69. The topological polar surface area (TPSA) is 105 Å². The summed E-state index contributed by atoms with van der Waals surface area (Å²) in [5, 5.41) is 12.2. The highest BCUT2D eigenvalue weighted by Gasteiger charge is 2.39. The number of carboxylic acid groups (broad SMARTS) is 1. The summed E-state index contributed by atoms with van der Waals surface area (Å²) < 4.78 is 11.4. The molecule has 1 fully saturated rings. The Balaban J connectivity index is 1.91. The van der Waals surface area contributed by atoms with Crippen LogP contribution in [0.2, 0.25) is 18.1 Å². The average molecular weight is 465 g/mol. The van der Waals surface area contributed by atoms with Gasteiger partial charge in [-0.05, 0) is 36.5 Å². The van der Waals surface area contributed by atoms with E-state index in [-0.39, 0.29) is 24.7 Å². The molecule has 8 nitrogen and oxygen atoms in total. The summed E-state index contributed by atoms with van der Waals surface area (Å²) in [6.45, 7) is 11.3. The first-order valence-corrected chi connectivity index (χ1v) is 14.0. The van der Waals surface area contributed by atoms with E-state index in [4.69, 9.17) is 9.16 Å². The molecular formula is C23H36N2O6Si. The second-order valence-corrected chi connectivity index (χ2v) is 14.5. The van der Waals surface area contributed by atoms with Crippen molar-refractivity contribution in [1.29, 1.82) is 0 Å². The molecule has 178 valence electrons. The zero-order valence-electron chi connectivity index (χ0n) is 19.7. The van der Waals surface area contributed by atoms with E-state index in [1.54, 1.807) is 0 Å². The summed E-state index contributed by atoms with van der Waals surface area (Å²) in [6, 6.07) is 7.49. The summed E-state index contributed by atoms with van der Waals surface area (Å²) in [7, 11) is -2.01. The molecular weight excluding hydrogens is 428 g/mol. The molecule has 2 amide bonds. The van der Waals surface area contributed by atoms with Gasteiger partial charge in [0, 0.05) is 19.6 Å². The summed E-state index contributed by atoms with van der Waals surface area (Å²) in [5.41, 5.74) is 0.855. The van der Waals surface area contributed by atoms with Gasteiger partial charge in [-0.2, -0.15) is 0 Å². The largest absolute Gasteiger partial charge is 0.480 e. The number of hydrogen-bond donors (Lipinski definition) is 2. The van der Waals surface area contributed by atoms with Crippen molar-refractivity contribution in [1.82, 2.24) is 10.2 Å². The highest BCUT2D eigenvalue weighted by atomic mass is 28.4. The molecule has 0 unspecified atom stereocenters. The number of rotatable bonds is 9. The monoisotopic (exact) mass is 464 g/mol. The fraction of sp³-hybridized carbons (Fsp3) is 0.609. The minimum Gasteiger partial charge on any atom is -0.480 e. The van der Waals surface area contributed by atoms with Crippen molar-refractivity contribution in [2.24, 2.45) is 0 Å². The van der Waals surface area contributed by atoms with Gasteiger partial charge >= 0.3 is 12.1 Å². The Bertz CT molecular complexity index is 793. The van der Waals surface area contributed by atoms with E-state index in [0.717, 1.165) is 5.56 Å². The van der Waals surface area contributed by atoms with Crippen LogP contribution in [0, 0.1) is 0 Å². The number of nitrogens with zero attached hydrogens (tertiary/aromatic N) is 1.